The Morgan fingerprint density at radius 2 is 1.61 bits per heavy atom. The number of carboxylic acids is 1. The van der Waals surface area contributed by atoms with E-state index in [1.165, 1.54) is 24.3 Å². The van der Waals surface area contributed by atoms with Crippen molar-refractivity contribution in [3.05, 3.63) is 59.9 Å². The Balaban J connectivity index is 0.000000505. The van der Waals surface area contributed by atoms with Gasteiger partial charge in [-0.2, -0.15) is 18.2 Å². The predicted molar refractivity (Wildman–Crippen MR) is 136 cm³/mol. The number of carboxylic acid groups (broad SMARTS) is 1. The first-order chi connectivity index (χ1) is 17.9. The Morgan fingerprint density at radius 1 is 1.00 bits per heavy atom. The average molecular weight is 536 g/mol. The molecule has 3 aromatic rings. The number of carbonyl (C=O) groups excluding carboxylic acids is 1. The number of fused-ring (bicyclic) bond motifs is 1. The normalized spacial score (nSPS) is 17.2. The first kappa shape index (κ1) is 28.6. The Morgan fingerprint density at radius 3 is 2.18 bits per heavy atom. The molecule has 204 valence electrons. The van der Waals surface area contributed by atoms with Crippen molar-refractivity contribution < 1.29 is 32.3 Å². The van der Waals surface area contributed by atoms with E-state index in [0.717, 1.165) is 42.4 Å². The van der Waals surface area contributed by atoms with Crippen molar-refractivity contribution in [2.24, 2.45) is 5.92 Å². The van der Waals surface area contributed by atoms with E-state index in [1.54, 1.807) is 0 Å². The SMILES string of the molecule is CN(C)c1nc(NC2CCC(CNC(=O)c3ccc(F)cc3)CC2)nc2ccccc12.O=C(O)C(F)(F)F. The third-order valence-electron chi connectivity index (χ3n) is 6.09. The fraction of sp³-hybridized carbons (Fsp3) is 0.385. The lowest BCUT2D eigenvalue weighted by molar-refractivity contribution is -0.192. The second kappa shape index (κ2) is 12.5. The number of halogens is 4. The Hall–Kier alpha value is -3.96. The van der Waals surface area contributed by atoms with Crippen LogP contribution in [-0.2, 0) is 4.79 Å². The molecule has 4 rings (SSSR count). The first-order valence-electron chi connectivity index (χ1n) is 12.0. The third kappa shape index (κ3) is 8.02. The molecular weight excluding hydrogens is 506 g/mol. The number of amides is 1. The maximum Gasteiger partial charge on any atom is 0.490 e. The third-order valence-corrected chi connectivity index (χ3v) is 6.09. The van der Waals surface area contributed by atoms with Crippen LogP contribution in [0.1, 0.15) is 36.0 Å². The van der Waals surface area contributed by atoms with E-state index in [-0.39, 0.29) is 11.7 Å². The molecule has 1 amide bonds. The molecule has 1 aliphatic rings. The number of nitrogens with one attached hydrogen (secondary N) is 2. The van der Waals surface area contributed by atoms with E-state index < -0.39 is 12.1 Å². The van der Waals surface area contributed by atoms with Gasteiger partial charge in [-0.3, -0.25) is 4.79 Å². The zero-order valence-corrected chi connectivity index (χ0v) is 20.9. The van der Waals surface area contributed by atoms with Crippen molar-refractivity contribution in [1.29, 1.82) is 0 Å². The van der Waals surface area contributed by atoms with Crippen LogP contribution < -0.4 is 15.5 Å². The lowest BCUT2D eigenvalue weighted by Gasteiger charge is -2.29. The molecule has 0 saturated heterocycles. The van der Waals surface area contributed by atoms with Crippen molar-refractivity contribution in [1.82, 2.24) is 15.3 Å². The van der Waals surface area contributed by atoms with Crippen LogP contribution in [0.4, 0.5) is 29.3 Å². The highest BCUT2D eigenvalue weighted by Gasteiger charge is 2.38. The van der Waals surface area contributed by atoms with E-state index >= 15 is 0 Å². The molecule has 0 spiro atoms. The zero-order chi connectivity index (χ0) is 27.9. The van der Waals surface area contributed by atoms with Crippen LogP contribution in [0.3, 0.4) is 0 Å². The number of benzene rings is 2. The summed E-state index contributed by atoms with van der Waals surface area (Å²) in [5, 5.41) is 14.7. The van der Waals surface area contributed by atoms with Gasteiger partial charge in [0, 0.05) is 37.6 Å². The Kier molecular flexibility index (Phi) is 9.43. The van der Waals surface area contributed by atoms with Crippen molar-refractivity contribution >= 4 is 34.5 Å². The van der Waals surface area contributed by atoms with E-state index in [9.17, 15) is 22.4 Å². The number of rotatable bonds is 6. The number of nitrogens with zero attached hydrogens (tertiary/aromatic N) is 3. The molecule has 8 nitrogen and oxygen atoms in total. The fourth-order valence-electron chi connectivity index (χ4n) is 4.10. The molecular formula is C26H29F4N5O3. The summed E-state index contributed by atoms with van der Waals surface area (Å²) in [6.45, 7) is 0.639. The van der Waals surface area contributed by atoms with Gasteiger partial charge in [0.1, 0.15) is 11.6 Å². The first-order valence-corrected chi connectivity index (χ1v) is 12.0. The molecule has 1 aliphatic carbocycles. The van der Waals surface area contributed by atoms with Gasteiger partial charge in [0.05, 0.1) is 5.52 Å². The van der Waals surface area contributed by atoms with Crippen LogP contribution >= 0.6 is 0 Å². The van der Waals surface area contributed by atoms with E-state index in [0.29, 0.717) is 30.0 Å². The summed E-state index contributed by atoms with van der Waals surface area (Å²) in [5.41, 5.74) is 1.42. The van der Waals surface area contributed by atoms with Gasteiger partial charge in [0.15, 0.2) is 0 Å². The molecule has 0 atom stereocenters. The number of aromatic nitrogens is 2. The monoisotopic (exact) mass is 535 g/mol. The molecule has 0 bridgehead atoms. The summed E-state index contributed by atoms with van der Waals surface area (Å²) >= 11 is 0. The minimum atomic E-state index is -5.08. The summed E-state index contributed by atoms with van der Waals surface area (Å²) < 4.78 is 44.7. The molecule has 1 aromatic heterocycles. The van der Waals surface area contributed by atoms with Crippen LogP contribution in [0.5, 0.6) is 0 Å². The molecule has 3 N–H and O–H groups in total. The Labute approximate surface area is 217 Å². The molecule has 1 heterocycles. The minimum Gasteiger partial charge on any atom is -0.475 e. The number of aliphatic carboxylic acids is 1. The summed E-state index contributed by atoms with van der Waals surface area (Å²) in [6, 6.07) is 14.0. The summed E-state index contributed by atoms with van der Waals surface area (Å²) in [6.07, 6.45) is -1.03. The van der Waals surface area contributed by atoms with E-state index in [1.807, 2.05) is 43.3 Å². The lowest BCUT2D eigenvalue weighted by Crippen LogP contribution is -2.34. The standard InChI is InChI=1S/C24H28FN5O.C2HF3O2/c1-30(2)22-20-5-3-4-6-21(20)28-24(29-22)27-19-13-7-16(8-14-19)15-26-23(31)17-9-11-18(25)12-10-17;3-2(4,5)1(6)7/h3-6,9-12,16,19H,7-8,13-15H2,1-2H3,(H,26,31)(H,27,28,29);(H,6,7). The minimum absolute atomic E-state index is 0.152. The largest absolute Gasteiger partial charge is 0.490 e. The molecule has 0 radical (unpaired) electrons. The second-order valence-electron chi connectivity index (χ2n) is 9.16. The Bertz CT molecular complexity index is 1240. The van der Waals surface area contributed by atoms with E-state index in [2.05, 4.69) is 10.6 Å². The maximum absolute atomic E-state index is 13.0. The van der Waals surface area contributed by atoms with Gasteiger partial charge in [-0.25, -0.2) is 14.2 Å². The number of anilines is 2. The maximum atomic E-state index is 13.0. The number of para-hydroxylation sites is 1. The number of hydrogen-bond donors (Lipinski definition) is 3. The number of hydrogen-bond acceptors (Lipinski definition) is 6. The van der Waals surface area contributed by atoms with Crippen molar-refractivity contribution in [2.75, 3.05) is 30.9 Å². The van der Waals surface area contributed by atoms with Gasteiger partial charge >= 0.3 is 12.1 Å². The quantitative estimate of drug-likeness (QED) is 0.387. The molecule has 38 heavy (non-hydrogen) atoms. The number of carbonyl (C=O) groups is 2. The van der Waals surface area contributed by atoms with Crippen LogP contribution in [0.15, 0.2) is 48.5 Å². The second-order valence-corrected chi connectivity index (χ2v) is 9.16. The highest BCUT2D eigenvalue weighted by Crippen LogP contribution is 2.28. The lowest BCUT2D eigenvalue weighted by atomic mass is 9.86. The van der Waals surface area contributed by atoms with Gasteiger partial charge in [0.25, 0.3) is 5.91 Å². The highest BCUT2D eigenvalue weighted by atomic mass is 19.4. The van der Waals surface area contributed by atoms with Crippen molar-refractivity contribution in [3.63, 3.8) is 0 Å². The molecule has 0 aliphatic heterocycles. The van der Waals surface area contributed by atoms with Gasteiger partial charge in [0.2, 0.25) is 5.95 Å². The predicted octanol–water partition coefficient (Wildman–Crippen LogP) is 4.87. The van der Waals surface area contributed by atoms with E-state index in [4.69, 9.17) is 19.9 Å². The van der Waals surface area contributed by atoms with Crippen LogP contribution in [-0.4, -0.2) is 59.8 Å². The molecule has 2 aromatic carbocycles. The van der Waals surface area contributed by atoms with Gasteiger partial charge in [-0.1, -0.05) is 12.1 Å². The van der Waals surface area contributed by atoms with Gasteiger partial charge < -0.3 is 20.6 Å². The summed E-state index contributed by atoms with van der Waals surface area (Å²) in [7, 11) is 3.98. The van der Waals surface area contributed by atoms with Crippen LogP contribution in [0.2, 0.25) is 0 Å². The highest BCUT2D eigenvalue weighted by molar-refractivity contribution is 5.94. The topological polar surface area (TPSA) is 107 Å². The van der Waals surface area contributed by atoms with Gasteiger partial charge in [-0.05, 0) is 68.0 Å². The molecule has 1 fully saturated rings. The fourth-order valence-corrected chi connectivity index (χ4v) is 4.10. The molecule has 0 unspecified atom stereocenters. The average Bonchev–Trinajstić information content (AvgIpc) is 2.88. The summed E-state index contributed by atoms with van der Waals surface area (Å²) in [4.78, 5) is 32.6. The molecule has 12 heteroatoms. The van der Waals surface area contributed by atoms with Crippen molar-refractivity contribution in [3.8, 4) is 0 Å². The van der Waals surface area contributed by atoms with Crippen LogP contribution in [0.25, 0.3) is 10.9 Å². The summed E-state index contributed by atoms with van der Waals surface area (Å²) in [5.74, 6) is -1.23. The molecule has 1 saturated carbocycles. The smallest absolute Gasteiger partial charge is 0.475 e. The van der Waals surface area contributed by atoms with Crippen molar-refractivity contribution in [2.45, 2.75) is 37.9 Å². The van der Waals surface area contributed by atoms with Crippen LogP contribution in [0, 0.1) is 11.7 Å². The van der Waals surface area contributed by atoms with Gasteiger partial charge in [-0.15, -0.1) is 0 Å². The zero-order valence-electron chi connectivity index (χ0n) is 20.9. The number of alkyl halides is 3.